The molecule has 0 radical (unpaired) electrons. The molecule has 1 heterocycles. The maximum absolute atomic E-state index is 8.42. The van der Waals surface area contributed by atoms with Crippen LogP contribution < -0.4 is 34.6 Å². The van der Waals surface area contributed by atoms with Crippen LogP contribution in [0.15, 0.2) is 24.3 Å². The molecule has 2 rings (SSSR count). The zero-order valence-corrected chi connectivity index (χ0v) is 12.9. The number of nitrogens with zero attached hydrogens (tertiary/aromatic N) is 2. The Morgan fingerprint density at radius 2 is 1.27 bits per heavy atom. The van der Waals surface area contributed by atoms with Crippen molar-refractivity contribution in [2.45, 2.75) is 6.10 Å². The highest BCUT2D eigenvalue weighted by Crippen LogP contribution is 2.06. The molecule has 0 spiro atoms. The van der Waals surface area contributed by atoms with Gasteiger partial charge in [0, 0.05) is 50.6 Å². The monoisotopic (exact) mass is 314 g/mol. The van der Waals surface area contributed by atoms with Gasteiger partial charge in [-0.2, -0.15) is 0 Å². The minimum Gasteiger partial charge on any atom is -0.399 e. The van der Waals surface area contributed by atoms with Crippen molar-refractivity contribution in [1.82, 2.24) is 10.0 Å². The Labute approximate surface area is 131 Å². The fourth-order valence-corrected chi connectivity index (χ4v) is 1.39. The number of benzene rings is 1. The van der Waals surface area contributed by atoms with E-state index in [1.165, 1.54) is 0 Å². The maximum atomic E-state index is 8.42. The van der Waals surface area contributed by atoms with Gasteiger partial charge in [0.05, 0.1) is 6.10 Å². The summed E-state index contributed by atoms with van der Waals surface area (Å²) in [5.74, 6) is 10.9. The minimum atomic E-state index is -0.509. The zero-order chi connectivity index (χ0) is 17.0. The first-order valence-electron chi connectivity index (χ1n) is 7.07. The van der Waals surface area contributed by atoms with Crippen LogP contribution in [0.3, 0.4) is 0 Å². The Kier molecular flexibility index (Phi) is 11.3. The van der Waals surface area contributed by atoms with Gasteiger partial charge in [-0.25, -0.2) is 10.0 Å². The number of anilines is 2. The molecule has 22 heavy (non-hydrogen) atoms. The van der Waals surface area contributed by atoms with E-state index in [1.54, 1.807) is 28.2 Å². The third-order valence-corrected chi connectivity index (χ3v) is 2.80. The van der Waals surface area contributed by atoms with Crippen molar-refractivity contribution < 1.29 is 5.11 Å². The highest BCUT2D eigenvalue weighted by atomic mass is 16.3. The van der Waals surface area contributed by atoms with Crippen LogP contribution in [0.4, 0.5) is 11.4 Å². The Morgan fingerprint density at radius 1 is 0.909 bits per heavy atom. The average Bonchev–Trinajstić information content (AvgIpc) is 2.50. The van der Waals surface area contributed by atoms with E-state index in [-0.39, 0.29) is 13.1 Å². The van der Waals surface area contributed by atoms with Crippen LogP contribution >= 0.6 is 0 Å². The third-order valence-electron chi connectivity index (χ3n) is 2.80. The maximum Gasteiger partial charge on any atom is 0.0784 e. The predicted octanol–water partition coefficient (Wildman–Crippen LogP) is -2.53. The number of aliphatic hydroxyl groups is 1. The summed E-state index contributed by atoms with van der Waals surface area (Å²) in [7, 11) is 0. The number of nitrogen functional groups attached to an aromatic ring is 2. The summed E-state index contributed by atoms with van der Waals surface area (Å²) in [5, 5.41) is 12.0. The first-order valence-corrected chi connectivity index (χ1v) is 7.07. The molecule has 1 aromatic rings. The zero-order valence-electron chi connectivity index (χ0n) is 12.9. The molecule has 0 aliphatic carbocycles. The van der Waals surface area contributed by atoms with Crippen molar-refractivity contribution in [3.05, 3.63) is 24.3 Å². The van der Waals surface area contributed by atoms with Gasteiger partial charge >= 0.3 is 0 Å². The van der Waals surface area contributed by atoms with Gasteiger partial charge in [-0.05, 0) is 18.2 Å². The van der Waals surface area contributed by atoms with Gasteiger partial charge in [0.15, 0.2) is 0 Å². The van der Waals surface area contributed by atoms with Gasteiger partial charge in [-0.15, -0.1) is 0 Å². The lowest BCUT2D eigenvalue weighted by Crippen LogP contribution is -2.51. The second kappa shape index (κ2) is 12.1. The van der Waals surface area contributed by atoms with Crippen LogP contribution in [0.5, 0.6) is 0 Å². The van der Waals surface area contributed by atoms with E-state index >= 15 is 0 Å². The number of nitrogens with two attached hydrogens (primary N) is 6. The van der Waals surface area contributed by atoms with Crippen molar-refractivity contribution in [3.8, 4) is 0 Å². The molecule has 1 aliphatic heterocycles. The van der Waals surface area contributed by atoms with Crippen LogP contribution in [-0.4, -0.2) is 60.5 Å². The number of rotatable bonds is 2. The van der Waals surface area contributed by atoms with Crippen LogP contribution in [0.25, 0.3) is 0 Å². The molecule has 1 fully saturated rings. The molecule has 1 saturated heterocycles. The predicted molar refractivity (Wildman–Crippen MR) is 90.9 cm³/mol. The highest BCUT2D eigenvalue weighted by Gasteiger charge is 2.08. The van der Waals surface area contributed by atoms with Crippen LogP contribution in [-0.2, 0) is 0 Å². The second-order valence-electron chi connectivity index (χ2n) is 4.87. The summed E-state index contributed by atoms with van der Waals surface area (Å²) in [5.41, 5.74) is 22.1. The van der Waals surface area contributed by atoms with Gasteiger partial charge in [0.2, 0.25) is 0 Å². The number of piperazine rings is 1. The normalized spacial score (nSPS) is 15.5. The molecule has 13 N–H and O–H groups in total. The standard InChI is InChI=1S/C6H8N2.C4H12N4.C3H10N2O/c7-5-2-1-3-6(8)4-5;5-7-1-2-8(6)4-3-7;4-1-3(6)2-5/h1-4H,7-8H2;1-6H2;3,6H,1-2,4-5H2. The molecule has 0 bridgehead atoms. The van der Waals surface area contributed by atoms with E-state index in [2.05, 4.69) is 0 Å². The first kappa shape index (κ1) is 20.5. The molecule has 0 aromatic heterocycles. The average molecular weight is 314 g/mol. The Morgan fingerprint density at radius 3 is 1.45 bits per heavy atom. The molecular weight excluding hydrogens is 284 g/mol. The van der Waals surface area contributed by atoms with E-state index in [9.17, 15) is 0 Å². The molecule has 0 unspecified atom stereocenters. The minimum absolute atomic E-state index is 0.260. The van der Waals surface area contributed by atoms with Crippen molar-refractivity contribution in [2.75, 3.05) is 50.7 Å². The summed E-state index contributed by atoms with van der Waals surface area (Å²) in [4.78, 5) is 0. The van der Waals surface area contributed by atoms with Gasteiger partial charge in [-0.3, -0.25) is 11.7 Å². The molecule has 128 valence electrons. The topological polar surface area (TPSA) is 183 Å². The largest absolute Gasteiger partial charge is 0.399 e. The third kappa shape index (κ3) is 11.2. The molecule has 0 atom stereocenters. The van der Waals surface area contributed by atoms with Gasteiger partial charge in [0.25, 0.3) is 0 Å². The van der Waals surface area contributed by atoms with Crippen LogP contribution in [0, 0.1) is 0 Å². The summed E-state index contributed by atoms with van der Waals surface area (Å²) in [6, 6.07) is 7.15. The summed E-state index contributed by atoms with van der Waals surface area (Å²) < 4.78 is 0. The fraction of sp³-hybridized carbons (Fsp3) is 0.538. The van der Waals surface area contributed by atoms with Crippen molar-refractivity contribution in [2.24, 2.45) is 23.2 Å². The van der Waals surface area contributed by atoms with Crippen molar-refractivity contribution >= 4 is 11.4 Å². The van der Waals surface area contributed by atoms with Crippen LogP contribution in [0.1, 0.15) is 0 Å². The van der Waals surface area contributed by atoms with Gasteiger partial charge in [0.1, 0.15) is 0 Å². The molecule has 1 aliphatic rings. The lowest BCUT2D eigenvalue weighted by atomic mass is 10.3. The van der Waals surface area contributed by atoms with Gasteiger partial charge in [-0.1, -0.05) is 6.07 Å². The fourth-order valence-electron chi connectivity index (χ4n) is 1.39. The Balaban J connectivity index is 0.000000306. The number of hydrazine groups is 2. The Hall–Kier alpha value is -1.46. The molecule has 9 heteroatoms. The van der Waals surface area contributed by atoms with E-state index in [0.29, 0.717) is 11.4 Å². The summed E-state index contributed by atoms with van der Waals surface area (Å²) >= 11 is 0. The number of aliphatic hydroxyl groups excluding tert-OH is 1. The van der Waals surface area contributed by atoms with Gasteiger partial charge < -0.3 is 28.0 Å². The van der Waals surface area contributed by atoms with Crippen LogP contribution in [0.2, 0.25) is 0 Å². The Bertz CT molecular complexity index is 353. The number of hydrogen-bond donors (Lipinski definition) is 7. The van der Waals surface area contributed by atoms with E-state index in [1.807, 2.05) is 6.07 Å². The second-order valence-corrected chi connectivity index (χ2v) is 4.87. The van der Waals surface area contributed by atoms with Crippen molar-refractivity contribution in [1.29, 1.82) is 0 Å². The summed E-state index contributed by atoms with van der Waals surface area (Å²) in [6.07, 6.45) is -0.509. The highest BCUT2D eigenvalue weighted by molar-refractivity contribution is 5.50. The lowest BCUT2D eigenvalue weighted by Gasteiger charge is -2.28. The smallest absolute Gasteiger partial charge is 0.0784 e. The van der Waals surface area contributed by atoms with E-state index in [0.717, 1.165) is 26.2 Å². The first-order chi connectivity index (χ1) is 10.4. The molecule has 9 nitrogen and oxygen atoms in total. The SMILES string of the molecule is NCC(O)CN.NN1CCN(N)CC1.Nc1cccc(N)c1. The molecular formula is C13H30N8O. The molecule has 1 aromatic carbocycles. The summed E-state index contributed by atoms with van der Waals surface area (Å²) in [6.45, 7) is 4.06. The molecule has 0 amide bonds. The lowest BCUT2D eigenvalue weighted by molar-refractivity contribution is 0.135. The quantitative estimate of drug-likeness (QED) is 0.228. The van der Waals surface area contributed by atoms with Crippen molar-refractivity contribution in [3.63, 3.8) is 0 Å². The number of hydrogen-bond acceptors (Lipinski definition) is 9. The van der Waals surface area contributed by atoms with E-state index in [4.69, 9.17) is 39.7 Å². The molecule has 0 saturated carbocycles. The van der Waals surface area contributed by atoms with E-state index < -0.39 is 6.10 Å².